The topological polar surface area (TPSA) is 82.5 Å². The molecule has 17 heavy (non-hydrogen) atoms. The highest BCUT2D eigenvalue weighted by atomic mass is 16.4. The Labute approximate surface area is 99.3 Å². The number of rotatable bonds is 4. The summed E-state index contributed by atoms with van der Waals surface area (Å²) in [6.45, 7) is 1.80. The molecular formula is C11H15N3O3. The van der Waals surface area contributed by atoms with Crippen molar-refractivity contribution < 1.29 is 14.7 Å². The third-order valence-corrected chi connectivity index (χ3v) is 2.45. The smallest absolute Gasteiger partial charge is 0.326 e. The second-order valence-electron chi connectivity index (χ2n) is 3.64. The van der Waals surface area contributed by atoms with Gasteiger partial charge in [-0.2, -0.15) is 0 Å². The van der Waals surface area contributed by atoms with Gasteiger partial charge in [0.05, 0.1) is 0 Å². The largest absolute Gasteiger partial charge is 0.480 e. The lowest BCUT2D eigenvalue weighted by atomic mass is 10.3. The minimum absolute atomic E-state index is 0.345. The van der Waals surface area contributed by atoms with E-state index in [9.17, 15) is 9.59 Å². The summed E-state index contributed by atoms with van der Waals surface area (Å²) < 4.78 is 0. The summed E-state index contributed by atoms with van der Waals surface area (Å²) in [5, 5.41) is 11.4. The molecule has 1 heterocycles. The molecule has 0 saturated carbocycles. The van der Waals surface area contributed by atoms with Crippen LogP contribution in [-0.4, -0.2) is 40.1 Å². The lowest BCUT2D eigenvalue weighted by Gasteiger charge is -2.21. The first-order chi connectivity index (χ1) is 8.02. The van der Waals surface area contributed by atoms with Crippen LogP contribution in [0.15, 0.2) is 24.5 Å². The van der Waals surface area contributed by atoms with Gasteiger partial charge in [0, 0.05) is 26.0 Å². The monoisotopic (exact) mass is 237 g/mol. The number of pyridine rings is 1. The fourth-order valence-electron chi connectivity index (χ4n) is 1.14. The van der Waals surface area contributed by atoms with Crippen LogP contribution in [0.1, 0.15) is 12.5 Å². The molecule has 0 saturated heterocycles. The minimum atomic E-state index is -1.04. The lowest BCUT2D eigenvalue weighted by molar-refractivity contribution is -0.141. The first kappa shape index (κ1) is 13.0. The quantitative estimate of drug-likeness (QED) is 0.807. The van der Waals surface area contributed by atoms with Gasteiger partial charge in [-0.25, -0.2) is 9.59 Å². The van der Waals surface area contributed by atoms with Crippen molar-refractivity contribution in [2.45, 2.75) is 19.5 Å². The summed E-state index contributed by atoms with van der Waals surface area (Å²) >= 11 is 0. The van der Waals surface area contributed by atoms with Crippen LogP contribution in [0.3, 0.4) is 0 Å². The van der Waals surface area contributed by atoms with Crippen LogP contribution in [-0.2, 0) is 11.3 Å². The lowest BCUT2D eigenvalue weighted by Crippen LogP contribution is -2.45. The number of carbonyl (C=O) groups is 2. The first-order valence-corrected chi connectivity index (χ1v) is 5.14. The van der Waals surface area contributed by atoms with Crippen LogP contribution in [0, 0.1) is 0 Å². The zero-order valence-electron chi connectivity index (χ0n) is 9.75. The van der Waals surface area contributed by atoms with Crippen molar-refractivity contribution in [1.82, 2.24) is 15.2 Å². The number of aromatic nitrogens is 1. The highest BCUT2D eigenvalue weighted by Crippen LogP contribution is 1.99. The maximum Gasteiger partial charge on any atom is 0.326 e. The molecule has 6 nitrogen and oxygen atoms in total. The van der Waals surface area contributed by atoms with Gasteiger partial charge in [0.25, 0.3) is 0 Å². The molecule has 92 valence electrons. The predicted octanol–water partition coefficient (Wildman–Crippen LogP) is 0.696. The molecular weight excluding hydrogens is 222 g/mol. The van der Waals surface area contributed by atoms with Crippen LogP contribution < -0.4 is 5.32 Å². The number of urea groups is 1. The molecule has 2 N–H and O–H groups in total. The normalized spacial score (nSPS) is 11.6. The third-order valence-electron chi connectivity index (χ3n) is 2.45. The van der Waals surface area contributed by atoms with Gasteiger partial charge in [0.1, 0.15) is 6.04 Å². The van der Waals surface area contributed by atoms with E-state index in [1.165, 1.54) is 14.0 Å². The molecule has 0 aliphatic carbocycles. The van der Waals surface area contributed by atoms with Crippen LogP contribution in [0.4, 0.5) is 4.79 Å². The molecule has 0 fully saturated rings. The van der Waals surface area contributed by atoms with Crippen molar-refractivity contribution in [3.05, 3.63) is 30.1 Å². The van der Waals surface area contributed by atoms with Crippen LogP contribution in [0.25, 0.3) is 0 Å². The van der Waals surface area contributed by atoms with E-state index in [4.69, 9.17) is 5.11 Å². The average molecular weight is 237 g/mol. The molecule has 1 aromatic heterocycles. The Balaban J connectivity index is 2.47. The van der Waals surface area contributed by atoms with Gasteiger partial charge in [-0.1, -0.05) is 0 Å². The van der Waals surface area contributed by atoms with Gasteiger partial charge in [0.15, 0.2) is 0 Å². The second kappa shape index (κ2) is 5.83. The fraction of sp³-hybridized carbons (Fsp3) is 0.364. The summed E-state index contributed by atoms with van der Waals surface area (Å²) in [4.78, 5) is 27.3. The summed E-state index contributed by atoms with van der Waals surface area (Å²) in [5.74, 6) is -1.04. The first-order valence-electron chi connectivity index (χ1n) is 5.14. The van der Waals surface area contributed by atoms with Gasteiger partial charge in [-0.3, -0.25) is 4.98 Å². The molecule has 0 aliphatic heterocycles. The third kappa shape index (κ3) is 3.75. The Bertz CT molecular complexity index is 394. The summed E-state index contributed by atoms with van der Waals surface area (Å²) in [5.41, 5.74) is 0.907. The molecule has 0 aromatic carbocycles. The Morgan fingerprint density at radius 3 is 2.59 bits per heavy atom. The SMILES string of the molecule is CC(C(=O)O)N(C)C(=O)NCc1ccncc1. The number of carbonyl (C=O) groups excluding carboxylic acids is 1. The van der Waals surface area contributed by atoms with Crippen molar-refractivity contribution in [2.24, 2.45) is 0 Å². The average Bonchev–Trinajstić information content (AvgIpc) is 2.35. The molecule has 0 spiro atoms. The Hall–Kier alpha value is -2.11. The standard InChI is InChI=1S/C11H15N3O3/c1-8(10(15)16)14(2)11(17)13-7-9-3-5-12-6-4-9/h3-6,8H,7H2,1-2H3,(H,13,17)(H,15,16). The second-order valence-corrected chi connectivity index (χ2v) is 3.64. The van der Waals surface area contributed by atoms with Gasteiger partial charge in [-0.05, 0) is 24.6 Å². The number of aliphatic carboxylic acids is 1. The number of carboxylic acids is 1. The highest BCUT2D eigenvalue weighted by molar-refractivity contribution is 5.82. The van der Waals surface area contributed by atoms with Gasteiger partial charge in [-0.15, -0.1) is 0 Å². The maximum atomic E-state index is 11.6. The van der Waals surface area contributed by atoms with E-state index in [1.54, 1.807) is 24.5 Å². The fourth-order valence-corrected chi connectivity index (χ4v) is 1.14. The van der Waals surface area contributed by atoms with Gasteiger partial charge in [0.2, 0.25) is 0 Å². The molecule has 6 heteroatoms. The van der Waals surface area contributed by atoms with E-state index in [0.29, 0.717) is 6.54 Å². The predicted molar refractivity (Wildman–Crippen MR) is 61.3 cm³/mol. The number of likely N-dealkylation sites (N-methyl/N-ethyl adjacent to an activating group) is 1. The summed E-state index contributed by atoms with van der Waals surface area (Å²) in [6, 6.07) is 2.28. The number of hydrogen-bond acceptors (Lipinski definition) is 3. The van der Waals surface area contributed by atoms with Crippen molar-refractivity contribution in [3.8, 4) is 0 Å². The van der Waals surface area contributed by atoms with Crippen molar-refractivity contribution in [2.75, 3.05) is 7.05 Å². The van der Waals surface area contributed by atoms with E-state index in [1.807, 2.05) is 0 Å². The molecule has 0 bridgehead atoms. The maximum absolute atomic E-state index is 11.6. The molecule has 1 rings (SSSR count). The van der Waals surface area contributed by atoms with Crippen LogP contribution >= 0.6 is 0 Å². The number of nitrogens with one attached hydrogen (secondary N) is 1. The van der Waals surface area contributed by atoms with E-state index >= 15 is 0 Å². The van der Waals surface area contributed by atoms with E-state index in [-0.39, 0.29) is 0 Å². The van der Waals surface area contributed by atoms with Crippen LogP contribution in [0.2, 0.25) is 0 Å². The molecule has 1 atom stereocenters. The summed E-state index contributed by atoms with van der Waals surface area (Å²) in [7, 11) is 1.45. The molecule has 1 unspecified atom stereocenters. The molecule has 2 amide bonds. The Kier molecular flexibility index (Phi) is 4.45. The Morgan fingerprint density at radius 2 is 2.06 bits per heavy atom. The summed E-state index contributed by atoms with van der Waals surface area (Å²) in [6.07, 6.45) is 3.26. The van der Waals surface area contributed by atoms with Gasteiger partial charge < -0.3 is 15.3 Å². The van der Waals surface area contributed by atoms with E-state index in [2.05, 4.69) is 10.3 Å². The number of amides is 2. The number of hydrogen-bond donors (Lipinski definition) is 2. The molecule has 0 radical (unpaired) electrons. The van der Waals surface area contributed by atoms with Crippen molar-refractivity contribution in [1.29, 1.82) is 0 Å². The zero-order valence-corrected chi connectivity index (χ0v) is 9.75. The number of carboxylic acid groups (broad SMARTS) is 1. The zero-order chi connectivity index (χ0) is 12.8. The molecule has 1 aromatic rings. The highest BCUT2D eigenvalue weighted by Gasteiger charge is 2.21. The Morgan fingerprint density at radius 1 is 1.47 bits per heavy atom. The van der Waals surface area contributed by atoms with E-state index < -0.39 is 18.0 Å². The van der Waals surface area contributed by atoms with Crippen molar-refractivity contribution in [3.63, 3.8) is 0 Å². The van der Waals surface area contributed by atoms with E-state index in [0.717, 1.165) is 10.5 Å². The molecule has 0 aliphatic rings. The van der Waals surface area contributed by atoms with Crippen LogP contribution in [0.5, 0.6) is 0 Å². The number of nitrogens with zero attached hydrogens (tertiary/aromatic N) is 2. The van der Waals surface area contributed by atoms with Crippen molar-refractivity contribution >= 4 is 12.0 Å². The minimum Gasteiger partial charge on any atom is -0.480 e. The van der Waals surface area contributed by atoms with Gasteiger partial charge >= 0.3 is 12.0 Å².